The molecular formula is C22H19Cl2FN6S. The summed E-state index contributed by atoms with van der Waals surface area (Å²) in [5.41, 5.74) is 2.23. The smallest absolute Gasteiger partial charge is 0.177 e. The van der Waals surface area contributed by atoms with Gasteiger partial charge in [0.25, 0.3) is 0 Å². The highest BCUT2D eigenvalue weighted by Gasteiger charge is 2.11. The molecular weight excluding hydrogens is 470 g/mol. The molecule has 2 heterocycles. The number of aryl methyl sites for hydroxylation is 1. The van der Waals surface area contributed by atoms with Crippen LogP contribution in [0.15, 0.2) is 60.8 Å². The average molecular weight is 489 g/mol. The summed E-state index contributed by atoms with van der Waals surface area (Å²) in [5, 5.41) is 16.5. The van der Waals surface area contributed by atoms with E-state index in [4.69, 9.17) is 35.4 Å². The number of thiocarbonyl (C=S) groups is 1. The van der Waals surface area contributed by atoms with Gasteiger partial charge < -0.3 is 10.6 Å². The zero-order chi connectivity index (χ0) is 22.7. The topological polar surface area (TPSA) is 59.7 Å². The zero-order valence-electron chi connectivity index (χ0n) is 17.0. The molecule has 0 saturated carbocycles. The second kappa shape index (κ2) is 9.68. The molecule has 0 aliphatic heterocycles. The maximum atomic E-state index is 13.9. The SMILES string of the molecule is Cc1cc(NC(=S)Nc2ccn(Cc3c(Cl)cccc3Cl)n2)nn1Cc1ccccc1F. The number of nitrogens with zero attached hydrogens (tertiary/aromatic N) is 4. The normalized spacial score (nSPS) is 10.9. The van der Waals surface area contributed by atoms with Crippen molar-refractivity contribution in [1.82, 2.24) is 19.6 Å². The molecule has 2 N–H and O–H groups in total. The van der Waals surface area contributed by atoms with Gasteiger partial charge in [0, 0.05) is 45.2 Å². The van der Waals surface area contributed by atoms with Gasteiger partial charge in [-0.2, -0.15) is 10.2 Å². The number of aromatic nitrogens is 4. The van der Waals surface area contributed by atoms with Gasteiger partial charge in [-0.15, -0.1) is 0 Å². The summed E-state index contributed by atoms with van der Waals surface area (Å²) in [7, 11) is 0. The summed E-state index contributed by atoms with van der Waals surface area (Å²) in [5.74, 6) is 0.856. The molecule has 6 nitrogen and oxygen atoms in total. The van der Waals surface area contributed by atoms with Crippen molar-refractivity contribution in [3.05, 3.63) is 93.5 Å². The quantitative estimate of drug-likeness (QED) is 0.339. The summed E-state index contributed by atoms with van der Waals surface area (Å²) in [6.45, 7) is 2.66. The lowest BCUT2D eigenvalue weighted by Gasteiger charge is -2.08. The van der Waals surface area contributed by atoms with Crippen LogP contribution < -0.4 is 10.6 Å². The van der Waals surface area contributed by atoms with Crippen LogP contribution in [0.3, 0.4) is 0 Å². The molecule has 0 unspecified atom stereocenters. The Kier molecular flexibility index (Phi) is 6.74. The molecule has 0 bridgehead atoms. The van der Waals surface area contributed by atoms with Gasteiger partial charge in [0.1, 0.15) is 5.82 Å². The van der Waals surface area contributed by atoms with Crippen molar-refractivity contribution in [1.29, 1.82) is 0 Å². The van der Waals surface area contributed by atoms with Crippen molar-refractivity contribution in [2.75, 3.05) is 10.6 Å². The second-order valence-corrected chi connectivity index (χ2v) is 8.32. The van der Waals surface area contributed by atoms with Gasteiger partial charge in [-0.3, -0.25) is 9.36 Å². The third-order valence-electron chi connectivity index (χ3n) is 4.76. The van der Waals surface area contributed by atoms with Gasteiger partial charge in [-0.25, -0.2) is 4.39 Å². The predicted molar refractivity (Wildman–Crippen MR) is 130 cm³/mol. The van der Waals surface area contributed by atoms with E-state index in [0.29, 0.717) is 45.4 Å². The van der Waals surface area contributed by atoms with Crippen LogP contribution in [0.1, 0.15) is 16.8 Å². The first-order chi connectivity index (χ1) is 15.4. The van der Waals surface area contributed by atoms with Crippen LogP contribution in [0.25, 0.3) is 0 Å². The lowest BCUT2D eigenvalue weighted by atomic mass is 10.2. The van der Waals surface area contributed by atoms with Crippen LogP contribution in [0.4, 0.5) is 16.0 Å². The molecule has 0 radical (unpaired) electrons. The van der Waals surface area contributed by atoms with Crippen LogP contribution in [0.2, 0.25) is 10.0 Å². The van der Waals surface area contributed by atoms with Gasteiger partial charge in [0.05, 0.1) is 13.1 Å². The Labute approximate surface area is 200 Å². The summed E-state index contributed by atoms with van der Waals surface area (Å²) in [4.78, 5) is 0. The number of benzene rings is 2. The predicted octanol–water partition coefficient (Wildman–Crippen LogP) is 5.74. The van der Waals surface area contributed by atoms with Crippen LogP contribution in [-0.2, 0) is 13.1 Å². The lowest BCUT2D eigenvalue weighted by Crippen LogP contribution is -2.20. The molecule has 0 spiro atoms. The summed E-state index contributed by atoms with van der Waals surface area (Å²) in [6.07, 6.45) is 1.80. The zero-order valence-corrected chi connectivity index (χ0v) is 19.3. The maximum Gasteiger partial charge on any atom is 0.177 e. The van der Waals surface area contributed by atoms with Crippen LogP contribution in [0.5, 0.6) is 0 Å². The Hall–Kier alpha value is -2.94. The fraction of sp³-hybridized carbons (Fsp3) is 0.136. The van der Waals surface area contributed by atoms with E-state index >= 15 is 0 Å². The number of rotatable bonds is 6. The van der Waals surface area contributed by atoms with E-state index in [1.165, 1.54) is 6.07 Å². The maximum absolute atomic E-state index is 13.9. The van der Waals surface area contributed by atoms with Crippen LogP contribution in [0, 0.1) is 12.7 Å². The molecule has 4 aromatic rings. The highest BCUT2D eigenvalue weighted by atomic mass is 35.5. The number of hydrogen-bond acceptors (Lipinski definition) is 3. The minimum absolute atomic E-state index is 0.261. The molecule has 0 saturated heterocycles. The van der Waals surface area contributed by atoms with Gasteiger partial charge >= 0.3 is 0 Å². The van der Waals surface area contributed by atoms with E-state index in [9.17, 15) is 4.39 Å². The molecule has 0 atom stereocenters. The third kappa shape index (κ3) is 5.27. The molecule has 0 fully saturated rings. The van der Waals surface area contributed by atoms with E-state index in [1.54, 1.807) is 58.0 Å². The van der Waals surface area contributed by atoms with Crippen molar-refractivity contribution in [2.45, 2.75) is 20.0 Å². The first-order valence-corrected chi connectivity index (χ1v) is 10.9. The van der Waals surface area contributed by atoms with Crippen LogP contribution in [-0.4, -0.2) is 24.7 Å². The minimum atomic E-state index is -0.261. The van der Waals surface area contributed by atoms with Crippen LogP contribution >= 0.6 is 35.4 Å². The highest BCUT2D eigenvalue weighted by molar-refractivity contribution is 7.80. The molecule has 0 aliphatic rings. The Morgan fingerprint density at radius 2 is 1.69 bits per heavy atom. The molecule has 4 rings (SSSR count). The number of nitrogens with one attached hydrogen (secondary N) is 2. The first kappa shape index (κ1) is 22.3. The van der Waals surface area contributed by atoms with E-state index in [1.807, 2.05) is 13.0 Å². The fourth-order valence-corrected chi connectivity index (χ4v) is 3.87. The van der Waals surface area contributed by atoms with Gasteiger partial charge in [0.15, 0.2) is 16.7 Å². The van der Waals surface area contributed by atoms with Gasteiger partial charge in [-0.1, -0.05) is 47.5 Å². The van der Waals surface area contributed by atoms with Crippen molar-refractivity contribution >= 4 is 52.2 Å². The Morgan fingerprint density at radius 3 is 2.44 bits per heavy atom. The molecule has 2 aromatic carbocycles. The number of hydrogen-bond donors (Lipinski definition) is 2. The van der Waals surface area contributed by atoms with Crippen molar-refractivity contribution in [3.63, 3.8) is 0 Å². The molecule has 10 heteroatoms. The molecule has 2 aromatic heterocycles. The molecule has 164 valence electrons. The highest BCUT2D eigenvalue weighted by Crippen LogP contribution is 2.25. The molecule has 32 heavy (non-hydrogen) atoms. The number of anilines is 2. The number of halogens is 3. The summed E-state index contributed by atoms with van der Waals surface area (Å²) in [6, 6.07) is 15.6. The van der Waals surface area contributed by atoms with E-state index in [0.717, 1.165) is 11.3 Å². The summed E-state index contributed by atoms with van der Waals surface area (Å²) < 4.78 is 17.4. The fourth-order valence-electron chi connectivity index (χ4n) is 3.14. The van der Waals surface area contributed by atoms with Crippen molar-refractivity contribution in [2.24, 2.45) is 0 Å². The first-order valence-electron chi connectivity index (χ1n) is 9.71. The Bertz CT molecular complexity index is 1250. The lowest BCUT2D eigenvalue weighted by molar-refractivity contribution is 0.581. The molecule has 0 aliphatic carbocycles. The van der Waals surface area contributed by atoms with E-state index in [2.05, 4.69) is 20.8 Å². The standard InChI is InChI=1S/C22H19Cl2FN6S/c1-14-11-21(29-31(14)12-15-5-2-3-8-19(15)25)27-22(32)26-20-9-10-30(28-20)13-16-17(23)6-4-7-18(16)24/h2-11H,12-13H2,1H3,(H2,26,27,28,29,32). The van der Waals surface area contributed by atoms with Gasteiger partial charge in [-0.05, 0) is 37.3 Å². The van der Waals surface area contributed by atoms with Gasteiger partial charge in [0.2, 0.25) is 0 Å². The Balaban J connectivity index is 1.38. The second-order valence-electron chi connectivity index (χ2n) is 7.10. The monoisotopic (exact) mass is 488 g/mol. The van der Waals surface area contributed by atoms with Crippen molar-refractivity contribution < 1.29 is 4.39 Å². The van der Waals surface area contributed by atoms with Crippen molar-refractivity contribution in [3.8, 4) is 0 Å². The summed E-state index contributed by atoms with van der Waals surface area (Å²) >= 11 is 17.8. The Morgan fingerprint density at radius 1 is 0.969 bits per heavy atom. The minimum Gasteiger partial charge on any atom is -0.316 e. The third-order valence-corrected chi connectivity index (χ3v) is 5.68. The average Bonchev–Trinajstić information content (AvgIpc) is 3.32. The molecule has 0 amide bonds. The largest absolute Gasteiger partial charge is 0.316 e. The van der Waals surface area contributed by atoms with E-state index in [-0.39, 0.29) is 5.82 Å². The van der Waals surface area contributed by atoms with E-state index < -0.39 is 0 Å².